The summed E-state index contributed by atoms with van der Waals surface area (Å²) in [6.07, 6.45) is 1.68. The minimum Gasteiger partial charge on any atom is -0.383 e. The van der Waals surface area contributed by atoms with E-state index in [1.54, 1.807) is 18.3 Å². The van der Waals surface area contributed by atoms with Gasteiger partial charge in [-0.25, -0.2) is 14.4 Å². The number of imidazole rings is 1. The highest BCUT2D eigenvalue weighted by Crippen LogP contribution is 2.30. The number of anilines is 1. The number of benzene rings is 2. The van der Waals surface area contributed by atoms with Crippen LogP contribution >= 0.6 is 0 Å². The number of para-hydroxylation sites is 1. The molecule has 0 unspecified atom stereocenters. The van der Waals surface area contributed by atoms with Crippen LogP contribution in [0.5, 0.6) is 0 Å². The number of hydrogen-bond acceptors (Lipinski definition) is 3. The molecule has 3 N–H and O–H groups in total. The zero-order valence-electron chi connectivity index (χ0n) is 13.0. The summed E-state index contributed by atoms with van der Waals surface area (Å²) in [5.41, 5.74) is 11.5. The van der Waals surface area contributed by atoms with Crippen LogP contribution in [0.1, 0.15) is 5.56 Å². The largest absolute Gasteiger partial charge is 0.383 e. The molecule has 118 valence electrons. The molecule has 4 nitrogen and oxygen atoms in total. The first kappa shape index (κ1) is 14.4. The van der Waals surface area contributed by atoms with Crippen LogP contribution in [0.2, 0.25) is 0 Å². The number of aryl methyl sites for hydroxylation is 1. The van der Waals surface area contributed by atoms with E-state index in [0.29, 0.717) is 11.6 Å². The first-order valence-electron chi connectivity index (χ1n) is 7.59. The lowest BCUT2D eigenvalue weighted by molar-refractivity contribution is 0.628. The van der Waals surface area contributed by atoms with Crippen LogP contribution in [0.25, 0.3) is 33.5 Å². The number of fused-ring (bicyclic) bond motifs is 1. The number of nitrogen functional groups attached to an aromatic ring is 1. The standard InChI is InChI=1S/C19H15FN4/c1-11-3-2-4-16-17(11)24-19(23-16)15-9-13(10-22-18(15)21)12-5-7-14(20)8-6-12/h2-10H,1H3,(H2,21,22)(H,23,24). The lowest BCUT2D eigenvalue weighted by Gasteiger charge is -2.06. The minimum absolute atomic E-state index is 0.268. The Labute approximate surface area is 138 Å². The number of nitrogens with zero attached hydrogens (tertiary/aromatic N) is 2. The summed E-state index contributed by atoms with van der Waals surface area (Å²) in [7, 11) is 0. The van der Waals surface area contributed by atoms with Crippen molar-refractivity contribution >= 4 is 16.9 Å². The van der Waals surface area contributed by atoms with E-state index in [-0.39, 0.29) is 5.82 Å². The smallest absolute Gasteiger partial charge is 0.142 e. The molecule has 2 aromatic carbocycles. The number of pyridine rings is 1. The van der Waals surface area contributed by atoms with Crippen LogP contribution < -0.4 is 5.73 Å². The molecule has 0 aliphatic rings. The average Bonchev–Trinajstić information content (AvgIpc) is 3.02. The summed E-state index contributed by atoms with van der Waals surface area (Å²) < 4.78 is 13.1. The molecule has 0 saturated carbocycles. The highest BCUT2D eigenvalue weighted by atomic mass is 19.1. The van der Waals surface area contributed by atoms with Crippen LogP contribution in [0.4, 0.5) is 10.2 Å². The molecule has 0 spiro atoms. The van der Waals surface area contributed by atoms with Crippen molar-refractivity contribution in [3.8, 4) is 22.5 Å². The molecule has 0 amide bonds. The van der Waals surface area contributed by atoms with Crippen molar-refractivity contribution in [3.05, 3.63) is 66.1 Å². The first-order chi connectivity index (χ1) is 11.6. The molecule has 0 fully saturated rings. The summed E-state index contributed by atoms with van der Waals surface area (Å²) in [6, 6.07) is 14.2. The van der Waals surface area contributed by atoms with Crippen LogP contribution in [-0.4, -0.2) is 15.0 Å². The number of aromatic nitrogens is 3. The van der Waals surface area contributed by atoms with Crippen LogP contribution in [-0.2, 0) is 0 Å². The Bertz CT molecular complexity index is 1040. The van der Waals surface area contributed by atoms with E-state index in [9.17, 15) is 4.39 Å². The maximum Gasteiger partial charge on any atom is 0.142 e. The number of nitrogens with two attached hydrogens (primary N) is 1. The first-order valence-corrected chi connectivity index (χ1v) is 7.59. The quantitative estimate of drug-likeness (QED) is 0.578. The van der Waals surface area contributed by atoms with Gasteiger partial charge in [-0.1, -0.05) is 24.3 Å². The molecular formula is C19H15FN4. The number of rotatable bonds is 2. The van der Waals surface area contributed by atoms with Crippen LogP contribution in [0.15, 0.2) is 54.7 Å². The van der Waals surface area contributed by atoms with Gasteiger partial charge in [0.05, 0.1) is 16.6 Å². The van der Waals surface area contributed by atoms with Gasteiger partial charge in [0.2, 0.25) is 0 Å². The Kier molecular flexibility index (Phi) is 3.27. The van der Waals surface area contributed by atoms with Gasteiger partial charge in [0.1, 0.15) is 17.5 Å². The minimum atomic E-state index is -0.268. The molecule has 4 aromatic rings. The van der Waals surface area contributed by atoms with Gasteiger partial charge in [-0.3, -0.25) is 0 Å². The van der Waals surface area contributed by atoms with E-state index in [2.05, 4.69) is 15.0 Å². The highest BCUT2D eigenvalue weighted by Gasteiger charge is 2.12. The Morgan fingerprint density at radius 3 is 2.58 bits per heavy atom. The van der Waals surface area contributed by atoms with Gasteiger partial charge < -0.3 is 10.7 Å². The number of aromatic amines is 1. The monoisotopic (exact) mass is 318 g/mol. The number of halogens is 1. The summed E-state index contributed by atoms with van der Waals surface area (Å²) >= 11 is 0. The second-order valence-electron chi connectivity index (χ2n) is 5.72. The van der Waals surface area contributed by atoms with E-state index in [1.807, 2.05) is 31.2 Å². The van der Waals surface area contributed by atoms with E-state index < -0.39 is 0 Å². The van der Waals surface area contributed by atoms with Crippen molar-refractivity contribution in [2.45, 2.75) is 6.92 Å². The molecule has 5 heteroatoms. The summed E-state index contributed by atoms with van der Waals surface area (Å²) in [5, 5.41) is 0. The Balaban J connectivity index is 1.86. The van der Waals surface area contributed by atoms with Gasteiger partial charge in [-0.2, -0.15) is 0 Å². The van der Waals surface area contributed by atoms with Gasteiger partial charge in [0, 0.05) is 11.8 Å². The number of H-pyrrole nitrogens is 1. The molecule has 0 saturated heterocycles. The molecule has 24 heavy (non-hydrogen) atoms. The SMILES string of the molecule is Cc1cccc2[nH]c(-c3cc(-c4ccc(F)cc4)cnc3N)nc12. The third-order valence-electron chi connectivity index (χ3n) is 4.07. The van der Waals surface area contributed by atoms with Gasteiger partial charge in [-0.15, -0.1) is 0 Å². The second-order valence-corrected chi connectivity index (χ2v) is 5.72. The van der Waals surface area contributed by atoms with E-state index in [0.717, 1.165) is 33.3 Å². The fourth-order valence-electron chi connectivity index (χ4n) is 2.77. The Hall–Kier alpha value is -3.21. The molecule has 0 aliphatic carbocycles. The average molecular weight is 318 g/mol. The van der Waals surface area contributed by atoms with E-state index in [4.69, 9.17) is 5.73 Å². The van der Waals surface area contributed by atoms with Crippen LogP contribution in [0.3, 0.4) is 0 Å². The molecule has 2 aromatic heterocycles. The molecule has 2 heterocycles. The van der Waals surface area contributed by atoms with E-state index >= 15 is 0 Å². The van der Waals surface area contributed by atoms with Crippen molar-refractivity contribution in [1.82, 2.24) is 15.0 Å². The van der Waals surface area contributed by atoms with Crippen molar-refractivity contribution in [2.75, 3.05) is 5.73 Å². The van der Waals surface area contributed by atoms with E-state index in [1.165, 1.54) is 12.1 Å². The fraction of sp³-hybridized carbons (Fsp3) is 0.0526. The number of nitrogens with one attached hydrogen (secondary N) is 1. The normalized spacial score (nSPS) is 11.1. The van der Waals surface area contributed by atoms with Crippen LogP contribution in [0, 0.1) is 12.7 Å². The molecular weight excluding hydrogens is 303 g/mol. The van der Waals surface area contributed by atoms with Crippen molar-refractivity contribution < 1.29 is 4.39 Å². The maximum absolute atomic E-state index is 13.1. The summed E-state index contributed by atoms with van der Waals surface area (Å²) in [6.45, 7) is 2.02. The predicted octanol–water partition coefficient (Wildman–Crippen LogP) is 4.32. The van der Waals surface area contributed by atoms with Crippen molar-refractivity contribution in [1.29, 1.82) is 0 Å². The molecule has 0 aliphatic heterocycles. The number of hydrogen-bond donors (Lipinski definition) is 2. The third kappa shape index (κ3) is 2.40. The predicted molar refractivity (Wildman–Crippen MR) is 93.9 cm³/mol. The van der Waals surface area contributed by atoms with Gasteiger partial charge in [0.25, 0.3) is 0 Å². The zero-order chi connectivity index (χ0) is 16.7. The molecule has 0 radical (unpaired) electrons. The summed E-state index contributed by atoms with van der Waals surface area (Å²) in [5.74, 6) is 0.806. The molecule has 0 atom stereocenters. The van der Waals surface area contributed by atoms with Crippen molar-refractivity contribution in [2.24, 2.45) is 0 Å². The Morgan fingerprint density at radius 1 is 1.04 bits per heavy atom. The topological polar surface area (TPSA) is 67.6 Å². The second kappa shape index (κ2) is 5.45. The molecule has 0 bridgehead atoms. The van der Waals surface area contributed by atoms with Gasteiger partial charge >= 0.3 is 0 Å². The zero-order valence-corrected chi connectivity index (χ0v) is 13.0. The van der Waals surface area contributed by atoms with Gasteiger partial charge in [-0.05, 0) is 42.3 Å². The third-order valence-corrected chi connectivity index (χ3v) is 4.07. The Morgan fingerprint density at radius 2 is 1.83 bits per heavy atom. The van der Waals surface area contributed by atoms with Crippen molar-refractivity contribution in [3.63, 3.8) is 0 Å². The lowest BCUT2D eigenvalue weighted by atomic mass is 10.1. The highest BCUT2D eigenvalue weighted by molar-refractivity contribution is 5.85. The lowest BCUT2D eigenvalue weighted by Crippen LogP contribution is -1.96. The summed E-state index contributed by atoms with van der Waals surface area (Å²) in [4.78, 5) is 12.2. The fourth-order valence-corrected chi connectivity index (χ4v) is 2.77. The maximum atomic E-state index is 13.1. The molecule has 4 rings (SSSR count). The van der Waals surface area contributed by atoms with Gasteiger partial charge in [0.15, 0.2) is 0 Å².